The van der Waals surface area contributed by atoms with Gasteiger partial charge in [0.1, 0.15) is 5.82 Å². The smallest absolute Gasteiger partial charge is 0.178 e. The highest BCUT2D eigenvalue weighted by Crippen LogP contribution is 2.16. The summed E-state index contributed by atoms with van der Waals surface area (Å²) in [6, 6.07) is 12.9. The summed E-state index contributed by atoms with van der Waals surface area (Å²) in [6.45, 7) is 2.10. The van der Waals surface area contributed by atoms with E-state index in [1.165, 1.54) is 12.1 Å². The Morgan fingerprint density at radius 3 is 2.40 bits per heavy atom. The minimum absolute atomic E-state index is 0.0864. The highest BCUT2D eigenvalue weighted by Gasteiger charge is 2.10. The molecular formula is C15H16FNO2S. The van der Waals surface area contributed by atoms with Gasteiger partial charge in [-0.05, 0) is 42.0 Å². The van der Waals surface area contributed by atoms with Gasteiger partial charge >= 0.3 is 0 Å². The molecule has 3 nitrogen and oxygen atoms in total. The normalized spacial score (nSPS) is 11.3. The lowest BCUT2D eigenvalue weighted by molar-refractivity contribution is 0.597. The number of nitrogens with one attached hydrogen (secondary N) is 1. The molecule has 106 valence electrons. The van der Waals surface area contributed by atoms with E-state index in [0.717, 1.165) is 11.3 Å². The topological polar surface area (TPSA) is 46.2 Å². The molecular weight excluding hydrogens is 277 g/mol. The molecule has 0 fully saturated rings. The fraction of sp³-hybridized carbons (Fsp3) is 0.200. The number of anilines is 1. The molecule has 0 saturated carbocycles. The molecule has 0 saturated heterocycles. The van der Waals surface area contributed by atoms with Gasteiger partial charge in [0.15, 0.2) is 9.84 Å². The number of hydrogen-bond acceptors (Lipinski definition) is 3. The Balaban J connectivity index is 2.05. The van der Waals surface area contributed by atoms with Gasteiger partial charge in [0.05, 0.1) is 10.6 Å². The van der Waals surface area contributed by atoms with Crippen molar-refractivity contribution >= 4 is 15.5 Å². The van der Waals surface area contributed by atoms with E-state index in [4.69, 9.17) is 0 Å². The Hall–Kier alpha value is -1.88. The van der Waals surface area contributed by atoms with Crippen molar-refractivity contribution in [1.29, 1.82) is 0 Å². The van der Waals surface area contributed by atoms with E-state index in [9.17, 15) is 12.8 Å². The second kappa shape index (κ2) is 6.05. The molecule has 1 N–H and O–H groups in total. The zero-order valence-electron chi connectivity index (χ0n) is 11.1. The maximum atomic E-state index is 13.0. The average Bonchev–Trinajstić information content (AvgIpc) is 2.46. The predicted octanol–water partition coefficient (Wildman–Crippen LogP) is 3.23. The minimum atomic E-state index is -3.17. The molecule has 0 aliphatic rings. The van der Waals surface area contributed by atoms with E-state index in [1.807, 2.05) is 6.07 Å². The standard InChI is InChI=1S/C15H16FNO2S/c1-2-20(18,19)15-8-6-14(7-9-15)17-11-12-4-3-5-13(16)10-12/h3-10,17H,2,11H2,1H3. The molecule has 0 amide bonds. The van der Waals surface area contributed by atoms with Crippen LogP contribution in [0.3, 0.4) is 0 Å². The molecule has 0 aliphatic heterocycles. The quantitative estimate of drug-likeness (QED) is 0.920. The van der Waals surface area contributed by atoms with Crippen LogP contribution in [0.4, 0.5) is 10.1 Å². The van der Waals surface area contributed by atoms with Gasteiger partial charge in [-0.2, -0.15) is 0 Å². The van der Waals surface area contributed by atoms with Gasteiger partial charge in [-0.15, -0.1) is 0 Å². The van der Waals surface area contributed by atoms with Crippen molar-refractivity contribution < 1.29 is 12.8 Å². The van der Waals surface area contributed by atoms with E-state index in [0.29, 0.717) is 11.4 Å². The minimum Gasteiger partial charge on any atom is -0.381 e. The Bertz CT molecular complexity index is 681. The fourth-order valence-corrected chi connectivity index (χ4v) is 2.68. The first-order chi connectivity index (χ1) is 9.51. The molecule has 0 radical (unpaired) electrons. The molecule has 2 aromatic rings. The Morgan fingerprint density at radius 2 is 1.80 bits per heavy atom. The van der Waals surface area contributed by atoms with Gasteiger partial charge < -0.3 is 5.32 Å². The first-order valence-corrected chi connectivity index (χ1v) is 7.97. The molecule has 0 heterocycles. The Kier molecular flexibility index (Phi) is 4.39. The van der Waals surface area contributed by atoms with Gasteiger partial charge in [-0.3, -0.25) is 0 Å². The zero-order valence-corrected chi connectivity index (χ0v) is 12.0. The van der Waals surface area contributed by atoms with Crippen LogP contribution in [-0.2, 0) is 16.4 Å². The largest absolute Gasteiger partial charge is 0.381 e. The first-order valence-electron chi connectivity index (χ1n) is 6.32. The van der Waals surface area contributed by atoms with Gasteiger partial charge in [-0.25, -0.2) is 12.8 Å². The van der Waals surface area contributed by atoms with Crippen molar-refractivity contribution in [3.8, 4) is 0 Å². The summed E-state index contributed by atoms with van der Waals surface area (Å²) in [7, 11) is -3.17. The summed E-state index contributed by atoms with van der Waals surface area (Å²) >= 11 is 0. The predicted molar refractivity (Wildman–Crippen MR) is 77.9 cm³/mol. The Morgan fingerprint density at radius 1 is 1.10 bits per heavy atom. The third-order valence-corrected chi connectivity index (χ3v) is 4.73. The summed E-state index contributed by atoms with van der Waals surface area (Å²) in [5, 5.41) is 3.12. The van der Waals surface area contributed by atoms with Crippen LogP contribution in [0, 0.1) is 5.82 Å². The van der Waals surface area contributed by atoms with Crippen LogP contribution in [0.5, 0.6) is 0 Å². The third-order valence-electron chi connectivity index (χ3n) is 2.98. The molecule has 0 aliphatic carbocycles. The van der Waals surface area contributed by atoms with Gasteiger partial charge in [0, 0.05) is 12.2 Å². The van der Waals surface area contributed by atoms with E-state index in [2.05, 4.69) is 5.32 Å². The second-order valence-electron chi connectivity index (χ2n) is 4.41. The highest BCUT2D eigenvalue weighted by molar-refractivity contribution is 7.91. The lowest BCUT2D eigenvalue weighted by atomic mass is 10.2. The summed E-state index contributed by atoms with van der Waals surface area (Å²) in [5.74, 6) is -0.183. The third kappa shape index (κ3) is 3.57. The molecule has 2 rings (SSSR count). The lowest BCUT2D eigenvalue weighted by Gasteiger charge is -2.08. The molecule has 0 aromatic heterocycles. The van der Waals surface area contributed by atoms with Crippen molar-refractivity contribution in [2.75, 3.05) is 11.1 Å². The van der Waals surface area contributed by atoms with Gasteiger partial charge in [0.25, 0.3) is 0 Å². The maximum Gasteiger partial charge on any atom is 0.178 e. The van der Waals surface area contributed by atoms with Crippen LogP contribution >= 0.6 is 0 Å². The zero-order chi connectivity index (χ0) is 14.6. The van der Waals surface area contributed by atoms with E-state index in [1.54, 1.807) is 37.3 Å². The SMILES string of the molecule is CCS(=O)(=O)c1ccc(NCc2cccc(F)c2)cc1. The highest BCUT2D eigenvalue weighted by atomic mass is 32.2. The molecule has 0 spiro atoms. The summed E-state index contributed by atoms with van der Waals surface area (Å²) < 4.78 is 36.4. The lowest BCUT2D eigenvalue weighted by Crippen LogP contribution is -2.04. The van der Waals surface area contributed by atoms with Crippen LogP contribution in [0.1, 0.15) is 12.5 Å². The molecule has 0 bridgehead atoms. The van der Waals surface area contributed by atoms with E-state index < -0.39 is 9.84 Å². The average molecular weight is 293 g/mol. The van der Waals surface area contributed by atoms with Crippen molar-refractivity contribution in [3.63, 3.8) is 0 Å². The molecule has 2 aromatic carbocycles. The second-order valence-corrected chi connectivity index (χ2v) is 6.69. The number of halogens is 1. The molecule has 20 heavy (non-hydrogen) atoms. The summed E-state index contributed by atoms with van der Waals surface area (Å²) in [6.07, 6.45) is 0. The van der Waals surface area contributed by atoms with E-state index >= 15 is 0 Å². The summed E-state index contributed by atoms with van der Waals surface area (Å²) in [4.78, 5) is 0.316. The monoisotopic (exact) mass is 293 g/mol. The number of benzene rings is 2. The number of rotatable bonds is 5. The molecule has 0 atom stereocenters. The van der Waals surface area contributed by atoms with Gasteiger partial charge in [0.2, 0.25) is 0 Å². The van der Waals surface area contributed by atoms with Crippen molar-refractivity contribution in [3.05, 3.63) is 59.9 Å². The number of sulfone groups is 1. The van der Waals surface area contributed by atoms with Crippen molar-refractivity contribution in [2.45, 2.75) is 18.4 Å². The molecule has 0 unspecified atom stereocenters. The first kappa shape index (κ1) is 14.5. The summed E-state index contributed by atoms with van der Waals surface area (Å²) in [5.41, 5.74) is 1.62. The molecule has 5 heteroatoms. The number of hydrogen-bond donors (Lipinski definition) is 1. The van der Waals surface area contributed by atoms with Crippen LogP contribution in [-0.4, -0.2) is 14.2 Å². The van der Waals surface area contributed by atoms with Crippen LogP contribution in [0.15, 0.2) is 53.4 Å². The van der Waals surface area contributed by atoms with Crippen LogP contribution < -0.4 is 5.32 Å². The van der Waals surface area contributed by atoms with Gasteiger partial charge in [-0.1, -0.05) is 19.1 Å². The Labute approximate surface area is 118 Å². The van der Waals surface area contributed by atoms with Crippen molar-refractivity contribution in [2.24, 2.45) is 0 Å². The maximum absolute atomic E-state index is 13.0. The van der Waals surface area contributed by atoms with Crippen LogP contribution in [0.2, 0.25) is 0 Å². The van der Waals surface area contributed by atoms with E-state index in [-0.39, 0.29) is 11.6 Å². The fourth-order valence-electron chi connectivity index (χ4n) is 1.80. The van der Waals surface area contributed by atoms with Crippen LogP contribution in [0.25, 0.3) is 0 Å². The van der Waals surface area contributed by atoms with Crippen molar-refractivity contribution in [1.82, 2.24) is 0 Å².